The maximum atomic E-state index is 11.2. The van der Waals surface area contributed by atoms with Crippen molar-refractivity contribution in [2.45, 2.75) is 26.2 Å². The highest BCUT2D eigenvalue weighted by molar-refractivity contribution is 7.92. The highest BCUT2D eigenvalue weighted by Gasteiger charge is 2.22. The standard InChI is InChI=1S/C11H16ClNO2S/c1-11(2,3)10-8(12)6-5-7-9(10)13-16(4,14)15/h5-7,13H,1-4H3. The van der Waals surface area contributed by atoms with Crippen molar-refractivity contribution in [1.29, 1.82) is 0 Å². The topological polar surface area (TPSA) is 46.2 Å². The van der Waals surface area contributed by atoms with E-state index in [2.05, 4.69) is 4.72 Å². The van der Waals surface area contributed by atoms with Gasteiger partial charge in [0.2, 0.25) is 10.0 Å². The van der Waals surface area contributed by atoms with Crippen LogP contribution < -0.4 is 4.72 Å². The first kappa shape index (κ1) is 13.3. The van der Waals surface area contributed by atoms with Crippen molar-refractivity contribution in [2.24, 2.45) is 0 Å². The molecule has 0 bridgehead atoms. The molecular weight excluding hydrogens is 246 g/mol. The molecule has 5 heteroatoms. The lowest BCUT2D eigenvalue weighted by Crippen LogP contribution is -2.18. The third kappa shape index (κ3) is 3.39. The molecule has 0 spiro atoms. The summed E-state index contributed by atoms with van der Waals surface area (Å²) in [4.78, 5) is 0. The van der Waals surface area contributed by atoms with Crippen molar-refractivity contribution in [2.75, 3.05) is 11.0 Å². The van der Waals surface area contributed by atoms with Crippen LogP contribution in [0.1, 0.15) is 26.3 Å². The first-order valence-electron chi connectivity index (χ1n) is 4.88. The second-order valence-electron chi connectivity index (χ2n) is 4.79. The van der Waals surface area contributed by atoms with E-state index in [1.165, 1.54) is 0 Å². The van der Waals surface area contributed by atoms with Crippen molar-refractivity contribution in [3.05, 3.63) is 28.8 Å². The third-order valence-corrected chi connectivity index (χ3v) is 2.96. The number of hydrogen-bond acceptors (Lipinski definition) is 2. The average Bonchev–Trinajstić information content (AvgIpc) is 1.97. The summed E-state index contributed by atoms with van der Waals surface area (Å²) in [6, 6.07) is 5.20. The largest absolute Gasteiger partial charge is 0.283 e. The third-order valence-electron chi connectivity index (χ3n) is 2.06. The molecule has 3 nitrogen and oxygen atoms in total. The molecule has 0 aliphatic heterocycles. The van der Waals surface area contributed by atoms with E-state index in [1.54, 1.807) is 18.2 Å². The van der Waals surface area contributed by atoms with Crippen LogP contribution in [0.3, 0.4) is 0 Å². The first-order valence-corrected chi connectivity index (χ1v) is 7.15. The van der Waals surface area contributed by atoms with Gasteiger partial charge in [-0.3, -0.25) is 4.72 Å². The van der Waals surface area contributed by atoms with Gasteiger partial charge in [0, 0.05) is 10.6 Å². The Morgan fingerprint density at radius 3 is 2.25 bits per heavy atom. The molecule has 0 aliphatic carbocycles. The number of halogens is 1. The SMILES string of the molecule is CC(C)(C)c1c(Cl)cccc1NS(C)(=O)=O. The van der Waals surface area contributed by atoms with Crippen molar-refractivity contribution >= 4 is 27.3 Å². The van der Waals surface area contributed by atoms with Crippen LogP contribution in [0.4, 0.5) is 5.69 Å². The normalized spacial score (nSPS) is 12.6. The summed E-state index contributed by atoms with van der Waals surface area (Å²) in [6.45, 7) is 5.96. The minimum Gasteiger partial charge on any atom is -0.283 e. The van der Waals surface area contributed by atoms with E-state index in [0.717, 1.165) is 11.8 Å². The molecule has 0 fully saturated rings. The lowest BCUT2D eigenvalue weighted by atomic mass is 9.86. The average molecular weight is 262 g/mol. The molecule has 1 N–H and O–H groups in total. The van der Waals surface area contributed by atoms with E-state index in [9.17, 15) is 8.42 Å². The Morgan fingerprint density at radius 2 is 1.81 bits per heavy atom. The molecule has 0 heterocycles. The fourth-order valence-electron chi connectivity index (χ4n) is 1.57. The minimum absolute atomic E-state index is 0.217. The summed E-state index contributed by atoms with van der Waals surface area (Å²) >= 11 is 6.11. The summed E-state index contributed by atoms with van der Waals surface area (Å²) in [7, 11) is -3.29. The molecular formula is C11H16ClNO2S. The Hall–Kier alpha value is -0.740. The molecule has 1 rings (SSSR count). The zero-order chi connectivity index (χ0) is 12.6. The maximum Gasteiger partial charge on any atom is 0.229 e. The Bertz CT molecular complexity index is 489. The quantitative estimate of drug-likeness (QED) is 0.890. The Morgan fingerprint density at radius 1 is 1.25 bits per heavy atom. The maximum absolute atomic E-state index is 11.2. The fourth-order valence-corrected chi connectivity index (χ4v) is 2.60. The van der Waals surface area contributed by atoms with Crippen LogP contribution in [0.5, 0.6) is 0 Å². The van der Waals surface area contributed by atoms with Gasteiger partial charge in [-0.1, -0.05) is 38.4 Å². The predicted molar refractivity (Wildman–Crippen MR) is 68.6 cm³/mol. The second-order valence-corrected chi connectivity index (χ2v) is 6.94. The molecule has 16 heavy (non-hydrogen) atoms. The van der Waals surface area contributed by atoms with E-state index in [4.69, 9.17) is 11.6 Å². The lowest BCUT2D eigenvalue weighted by Gasteiger charge is -2.24. The van der Waals surface area contributed by atoms with Crippen LogP contribution in [0.15, 0.2) is 18.2 Å². The predicted octanol–water partition coefficient (Wildman–Crippen LogP) is 3.01. The van der Waals surface area contributed by atoms with Crippen LogP contribution >= 0.6 is 11.6 Å². The molecule has 0 aliphatic rings. The molecule has 0 radical (unpaired) electrons. The van der Waals surface area contributed by atoms with Gasteiger partial charge in [0.05, 0.1) is 11.9 Å². The van der Waals surface area contributed by atoms with Crippen LogP contribution in [-0.2, 0) is 15.4 Å². The summed E-state index contributed by atoms with van der Waals surface area (Å²) in [5.74, 6) is 0. The number of hydrogen-bond donors (Lipinski definition) is 1. The molecule has 0 saturated heterocycles. The number of nitrogens with one attached hydrogen (secondary N) is 1. The molecule has 1 aromatic carbocycles. The first-order chi connectivity index (χ1) is 7.11. The molecule has 0 unspecified atom stereocenters. The fraction of sp³-hybridized carbons (Fsp3) is 0.455. The van der Waals surface area contributed by atoms with Gasteiger partial charge < -0.3 is 0 Å². The number of sulfonamides is 1. The van der Waals surface area contributed by atoms with E-state index >= 15 is 0 Å². The van der Waals surface area contributed by atoms with Gasteiger partial charge >= 0.3 is 0 Å². The summed E-state index contributed by atoms with van der Waals surface area (Å²) in [6.07, 6.45) is 1.13. The summed E-state index contributed by atoms with van der Waals surface area (Å²) in [5, 5.41) is 0.571. The Kier molecular flexibility index (Phi) is 3.55. The zero-order valence-electron chi connectivity index (χ0n) is 9.83. The monoisotopic (exact) mass is 261 g/mol. The smallest absolute Gasteiger partial charge is 0.229 e. The molecule has 0 amide bonds. The highest BCUT2D eigenvalue weighted by Crippen LogP contribution is 2.35. The van der Waals surface area contributed by atoms with Crippen LogP contribution in [0.25, 0.3) is 0 Å². The van der Waals surface area contributed by atoms with Gasteiger partial charge in [-0.05, 0) is 17.5 Å². The second kappa shape index (κ2) is 4.26. The number of rotatable bonds is 2. The molecule has 90 valence electrons. The van der Waals surface area contributed by atoms with E-state index in [0.29, 0.717) is 10.7 Å². The van der Waals surface area contributed by atoms with Crippen LogP contribution in [0.2, 0.25) is 5.02 Å². The van der Waals surface area contributed by atoms with Crippen molar-refractivity contribution in [3.63, 3.8) is 0 Å². The molecule has 1 aromatic rings. The lowest BCUT2D eigenvalue weighted by molar-refractivity contribution is 0.591. The van der Waals surface area contributed by atoms with E-state index in [1.807, 2.05) is 20.8 Å². The minimum atomic E-state index is -3.29. The number of anilines is 1. The van der Waals surface area contributed by atoms with Crippen LogP contribution in [-0.4, -0.2) is 14.7 Å². The summed E-state index contributed by atoms with van der Waals surface area (Å²) in [5.41, 5.74) is 1.13. The Labute approximate surface area is 102 Å². The van der Waals surface area contributed by atoms with Gasteiger partial charge in [-0.25, -0.2) is 8.42 Å². The van der Waals surface area contributed by atoms with Gasteiger partial charge in [0.1, 0.15) is 0 Å². The van der Waals surface area contributed by atoms with Crippen LogP contribution in [0, 0.1) is 0 Å². The zero-order valence-corrected chi connectivity index (χ0v) is 11.4. The van der Waals surface area contributed by atoms with Gasteiger partial charge in [-0.15, -0.1) is 0 Å². The molecule has 0 atom stereocenters. The van der Waals surface area contributed by atoms with Crippen molar-refractivity contribution < 1.29 is 8.42 Å². The van der Waals surface area contributed by atoms with Crippen molar-refractivity contribution in [3.8, 4) is 0 Å². The van der Waals surface area contributed by atoms with Gasteiger partial charge in [0.15, 0.2) is 0 Å². The van der Waals surface area contributed by atoms with E-state index < -0.39 is 10.0 Å². The molecule has 0 aromatic heterocycles. The number of benzene rings is 1. The summed E-state index contributed by atoms with van der Waals surface area (Å²) < 4.78 is 25.0. The Balaban J connectivity index is 3.35. The highest BCUT2D eigenvalue weighted by atomic mass is 35.5. The van der Waals surface area contributed by atoms with Crippen molar-refractivity contribution in [1.82, 2.24) is 0 Å². The molecule has 0 saturated carbocycles. The van der Waals surface area contributed by atoms with Gasteiger partial charge in [0.25, 0.3) is 0 Å². The van der Waals surface area contributed by atoms with Gasteiger partial charge in [-0.2, -0.15) is 0 Å². The van der Waals surface area contributed by atoms with E-state index in [-0.39, 0.29) is 5.41 Å².